The molecule has 1 heterocycles. The molecule has 0 spiro atoms. The third-order valence-corrected chi connectivity index (χ3v) is 5.85. The standard InChI is InChI=1S/C26H28ClFN4O4/c1-6-31-16(2)24(25(35)32(31)17-10-8-7-9-11-17)30-23(34)15-26(3,4)14-22(33)29-20-12-18(27)19(28)13-21(20)36-5/h6-13H,1,14-15H2,2-5H3,(H,29,33)(H,30,34). The molecule has 8 nitrogen and oxygen atoms in total. The van der Waals surface area contributed by atoms with Crippen molar-refractivity contribution in [1.82, 2.24) is 9.36 Å². The van der Waals surface area contributed by atoms with Gasteiger partial charge in [0.1, 0.15) is 17.3 Å². The summed E-state index contributed by atoms with van der Waals surface area (Å²) < 4.78 is 21.8. The normalized spacial score (nSPS) is 11.2. The molecular weight excluding hydrogens is 487 g/mol. The van der Waals surface area contributed by atoms with Crippen molar-refractivity contribution in [2.75, 3.05) is 17.7 Å². The van der Waals surface area contributed by atoms with E-state index in [1.54, 1.807) is 49.7 Å². The van der Waals surface area contributed by atoms with E-state index < -0.39 is 28.6 Å². The number of ether oxygens (including phenoxy) is 1. The van der Waals surface area contributed by atoms with Crippen LogP contribution in [0.3, 0.4) is 0 Å². The van der Waals surface area contributed by atoms with Crippen LogP contribution in [0, 0.1) is 18.2 Å². The zero-order valence-corrected chi connectivity index (χ0v) is 21.3. The first-order valence-corrected chi connectivity index (χ1v) is 11.5. The van der Waals surface area contributed by atoms with E-state index in [0.29, 0.717) is 11.4 Å². The van der Waals surface area contributed by atoms with Crippen molar-refractivity contribution in [3.05, 3.63) is 75.9 Å². The Morgan fingerprint density at radius 1 is 1.14 bits per heavy atom. The number of para-hydroxylation sites is 1. The summed E-state index contributed by atoms with van der Waals surface area (Å²) in [6.45, 7) is 8.98. The lowest BCUT2D eigenvalue weighted by Crippen LogP contribution is -2.29. The van der Waals surface area contributed by atoms with Gasteiger partial charge in [-0.1, -0.05) is 50.2 Å². The van der Waals surface area contributed by atoms with Crippen LogP contribution in [0.1, 0.15) is 32.4 Å². The fourth-order valence-corrected chi connectivity index (χ4v) is 4.07. The molecule has 0 saturated carbocycles. The van der Waals surface area contributed by atoms with E-state index >= 15 is 0 Å². The predicted molar refractivity (Wildman–Crippen MR) is 139 cm³/mol. The summed E-state index contributed by atoms with van der Waals surface area (Å²) in [7, 11) is 1.35. The third-order valence-electron chi connectivity index (χ3n) is 5.56. The zero-order chi connectivity index (χ0) is 26.6. The Bertz CT molecular complexity index is 1360. The Balaban J connectivity index is 1.73. The minimum atomic E-state index is -0.765. The maximum Gasteiger partial charge on any atom is 0.295 e. The number of carbonyl (C=O) groups excluding carboxylic acids is 2. The van der Waals surface area contributed by atoms with Crippen molar-refractivity contribution < 1.29 is 18.7 Å². The maximum atomic E-state index is 13.7. The second-order valence-electron chi connectivity index (χ2n) is 9.02. The number of nitrogens with one attached hydrogen (secondary N) is 2. The Kier molecular flexibility index (Phi) is 8.04. The average molecular weight is 515 g/mol. The molecule has 2 amide bonds. The molecule has 0 saturated heterocycles. The first kappa shape index (κ1) is 26.7. The minimum absolute atomic E-state index is 0.0283. The number of methoxy groups -OCH3 is 1. The lowest BCUT2D eigenvalue weighted by Gasteiger charge is -2.23. The predicted octanol–water partition coefficient (Wildman–Crippen LogP) is 5.23. The van der Waals surface area contributed by atoms with Gasteiger partial charge in [-0.05, 0) is 30.5 Å². The molecular formula is C26H28ClFN4O4. The van der Waals surface area contributed by atoms with Crippen LogP contribution in [-0.2, 0) is 9.59 Å². The lowest BCUT2D eigenvalue weighted by atomic mass is 9.85. The highest BCUT2D eigenvalue weighted by Crippen LogP contribution is 2.32. The second-order valence-corrected chi connectivity index (χ2v) is 9.43. The maximum absolute atomic E-state index is 13.7. The summed E-state index contributed by atoms with van der Waals surface area (Å²) in [5.41, 5.74) is 0.329. The van der Waals surface area contributed by atoms with Gasteiger partial charge in [0.25, 0.3) is 5.56 Å². The van der Waals surface area contributed by atoms with Crippen LogP contribution in [0.25, 0.3) is 11.9 Å². The fourth-order valence-electron chi connectivity index (χ4n) is 3.90. The Morgan fingerprint density at radius 2 is 1.75 bits per heavy atom. The summed E-state index contributed by atoms with van der Waals surface area (Å²) in [6.07, 6.45) is 1.42. The molecule has 3 rings (SSSR count). The second kappa shape index (κ2) is 10.8. The van der Waals surface area contributed by atoms with Gasteiger partial charge in [0.2, 0.25) is 11.8 Å². The van der Waals surface area contributed by atoms with E-state index in [-0.39, 0.29) is 35.0 Å². The van der Waals surface area contributed by atoms with Gasteiger partial charge in [-0.3, -0.25) is 19.1 Å². The number of carbonyl (C=O) groups is 2. The molecule has 2 aromatic carbocycles. The van der Waals surface area contributed by atoms with Gasteiger partial charge in [-0.2, -0.15) is 0 Å². The molecule has 0 aliphatic carbocycles. The van der Waals surface area contributed by atoms with Gasteiger partial charge in [0.05, 0.1) is 29.2 Å². The van der Waals surface area contributed by atoms with Crippen molar-refractivity contribution in [3.8, 4) is 11.4 Å². The molecule has 0 atom stereocenters. The number of anilines is 2. The quantitative estimate of drug-likeness (QED) is 0.408. The van der Waals surface area contributed by atoms with Crippen molar-refractivity contribution in [2.45, 2.75) is 33.6 Å². The highest BCUT2D eigenvalue weighted by Gasteiger charge is 2.28. The molecule has 1 aromatic heterocycles. The molecule has 0 fully saturated rings. The van der Waals surface area contributed by atoms with Crippen molar-refractivity contribution in [2.24, 2.45) is 5.41 Å². The number of hydrogen-bond acceptors (Lipinski definition) is 4. The average Bonchev–Trinajstić information content (AvgIpc) is 3.04. The molecule has 10 heteroatoms. The van der Waals surface area contributed by atoms with Crippen LogP contribution >= 0.6 is 11.6 Å². The first-order chi connectivity index (χ1) is 17.0. The SMILES string of the molecule is C=Cn1c(C)c(NC(=O)CC(C)(C)CC(=O)Nc2cc(Cl)c(F)cc2OC)c(=O)n1-c1ccccc1. The Hall–Kier alpha value is -3.85. The highest BCUT2D eigenvalue weighted by molar-refractivity contribution is 6.31. The van der Waals surface area contributed by atoms with Gasteiger partial charge < -0.3 is 15.4 Å². The summed E-state index contributed by atoms with van der Waals surface area (Å²) in [6, 6.07) is 11.3. The lowest BCUT2D eigenvalue weighted by molar-refractivity contribution is -0.120. The van der Waals surface area contributed by atoms with Crippen LogP contribution in [0.2, 0.25) is 5.02 Å². The molecule has 0 radical (unpaired) electrons. The molecule has 3 aromatic rings. The third kappa shape index (κ3) is 5.85. The number of halogens is 2. The minimum Gasteiger partial charge on any atom is -0.494 e. The summed E-state index contributed by atoms with van der Waals surface area (Å²) >= 11 is 5.82. The number of rotatable bonds is 9. The van der Waals surface area contributed by atoms with Crippen molar-refractivity contribution in [3.63, 3.8) is 0 Å². The molecule has 36 heavy (non-hydrogen) atoms. The molecule has 2 N–H and O–H groups in total. The van der Waals surface area contributed by atoms with Crippen LogP contribution in [-0.4, -0.2) is 28.3 Å². The van der Waals surface area contributed by atoms with E-state index in [9.17, 15) is 18.8 Å². The van der Waals surface area contributed by atoms with Gasteiger partial charge in [0, 0.05) is 25.1 Å². The summed E-state index contributed by atoms with van der Waals surface area (Å²) in [5, 5.41) is 5.19. The molecule has 190 valence electrons. The number of aromatic nitrogens is 2. The summed E-state index contributed by atoms with van der Waals surface area (Å²) in [4.78, 5) is 38.7. The van der Waals surface area contributed by atoms with E-state index in [0.717, 1.165) is 6.07 Å². The monoisotopic (exact) mass is 514 g/mol. The zero-order valence-electron chi connectivity index (χ0n) is 20.5. The van der Waals surface area contributed by atoms with E-state index in [4.69, 9.17) is 16.3 Å². The molecule has 0 unspecified atom stereocenters. The Labute approximate surface area is 213 Å². The largest absolute Gasteiger partial charge is 0.494 e. The van der Waals surface area contributed by atoms with Crippen LogP contribution in [0.5, 0.6) is 5.75 Å². The number of hydrogen-bond donors (Lipinski definition) is 2. The summed E-state index contributed by atoms with van der Waals surface area (Å²) in [5.74, 6) is -1.38. The van der Waals surface area contributed by atoms with Crippen LogP contribution in [0.15, 0.2) is 53.8 Å². The molecule has 0 aliphatic rings. The van der Waals surface area contributed by atoms with Gasteiger partial charge in [-0.15, -0.1) is 0 Å². The first-order valence-electron chi connectivity index (χ1n) is 11.1. The van der Waals surface area contributed by atoms with Crippen molar-refractivity contribution in [1.29, 1.82) is 0 Å². The number of nitrogens with zero attached hydrogens (tertiary/aromatic N) is 2. The molecule has 0 bridgehead atoms. The van der Waals surface area contributed by atoms with Gasteiger partial charge in [-0.25, -0.2) is 9.07 Å². The van der Waals surface area contributed by atoms with E-state index in [2.05, 4.69) is 17.2 Å². The topological polar surface area (TPSA) is 94.4 Å². The Morgan fingerprint density at radius 3 is 2.33 bits per heavy atom. The highest BCUT2D eigenvalue weighted by atomic mass is 35.5. The smallest absolute Gasteiger partial charge is 0.295 e. The van der Waals surface area contributed by atoms with Gasteiger partial charge >= 0.3 is 0 Å². The van der Waals surface area contributed by atoms with E-state index in [1.165, 1.54) is 24.1 Å². The number of benzene rings is 2. The van der Waals surface area contributed by atoms with E-state index in [1.807, 2.05) is 6.07 Å². The van der Waals surface area contributed by atoms with Crippen LogP contribution in [0.4, 0.5) is 15.8 Å². The van der Waals surface area contributed by atoms with Crippen molar-refractivity contribution >= 4 is 41.0 Å². The fraction of sp³-hybridized carbons (Fsp3) is 0.269. The van der Waals surface area contributed by atoms with Gasteiger partial charge in [0.15, 0.2) is 0 Å². The number of amides is 2. The van der Waals surface area contributed by atoms with Crippen LogP contribution < -0.4 is 20.9 Å². The molecule has 0 aliphatic heterocycles.